The van der Waals surface area contributed by atoms with Crippen molar-refractivity contribution in [1.29, 1.82) is 0 Å². The maximum atomic E-state index is 13.1. The molecule has 1 aromatic carbocycles. The summed E-state index contributed by atoms with van der Waals surface area (Å²) < 4.78 is 5.38. The molecule has 1 atom stereocenters. The van der Waals surface area contributed by atoms with E-state index in [0.717, 1.165) is 0 Å². The zero-order valence-electron chi connectivity index (χ0n) is 18.5. The van der Waals surface area contributed by atoms with E-state index in [0.29, 0.717) is 66.1 Å². The lowest BCUT2D eigenvalue weighted by molar-refractivity contribution is -0.139. The lowest BCUT2D eigenvalue weighted by Crippen LogP contribution is -2.53. The lowest BCUT2D eigenvalue weighted by Gasteiger charge is -2.40. The summed E-state index contributed by atoms with van der Waals surface area (Å²) in [4.78, 5) is 43.3. The van der Waals surface area contributed by atoms with Crippen LogP contribution in [0.1, 0.15) is 32.4 Å². The molecule has 1 N–H and O–H groups in total. The summed E-state index contributed by atoms with van der Waals surface area (Å²) in [5, 5.41) is 3.71. The summed E-state index contributed by atoms with van der Waals surface area (Å²) >= 11 is 12.5. The van der Waals surface area contributed by atoms with Gasteiger partial charge >= 0.3 is 12.0 Å². The van der Waals surface area contributed by atoms with E-state index in [1.54, 1.807) is 41.8 Å². The van der Waals surface area contributed by atoms with Gasteiger partial charge in [0.15, 0.2) is 0 Å². The van der Waals surface area contributed by atoms with E-state index in [1.165, 1.54) is 0 Å². The van der Waals surface area contributed by atoms with Crippen LogP contribution in [-0.2, 0) is 14.3 Å². The van der Waals surface area contributed by atoms with Crippen LogP contribution in [0.2, 0.25) is 10.0 Å². The molecule has 2 aliphatic heterocycles. The Morgan fingerprint density at radius 2 is 1.84 bits per heavy atom. The van der Waals surface area contributed by atoms with Gasteiger partial charge in [0.25, 0.3) is 0 Å². The summed E-state index contributed by atoms with van der Waals surface area (Å²) in [5.41, 5.74) is 1.51. The minimum atomic E-state index is -0.761. The number of ether oxygens (including phenoxy) is 1. The average molecular weight is 483 g/mol. The molecular weight excluding hydrogens is 455 g/mol. The third-order valence-electron chi connectivity index (χ3n) is 5.71. The molecule has 1 saturated heterocycles. The molecule has 0 aromatic heterocycles. The van der Waals surface area contributed by atoms with Gasteiger partial charge < -0.3 is 15.0 Å². The number of hydrogen-bond acceptors (Lipinski definition) is 5. The van der Waals surface area contributed by atoms with Gasteiger partial charge in [0.2, 0.25) is 5.91 Å². The Labute approximate surface area is 198 Å². The molecule has 3 rings (SSSR count). The van der Waals surface area contributed by atoms with Crippen LogP contribution in [0.15, 0.2) is 29.5 Å². The first-order valence-electron chi connectivity index (χ1n) is 10.7. The van der Waals surface area contributed by atoms with Crippen LogP contribution in [0, 0.1) is 0 Å². The SMILES string of the molecule is CCOC(=O)C1=C(CN2CCN(C(C)=O)CC2)N(CC)C(=O)NC1c1ccc(Cl)cc1Cl. The quantitative estimate of drug-likeness (QED) is 0.630. The Kier molecular flexibility index (Phi) is 8.03. The second-order valence-electron chi connectivity index (χ2n) is 7.66. The van der Waals surface area contributed by atoms with E-state index < -0.39 is 12.0 Å². The van der Waals surface area contributed by atoms with E-state index in [9.17, 15) is 14.4 Å². The molecule has 2 heterocycles. The van der Waals surface area contributed by atoms with Crippen molar-refractivity contribution in [1.82, 2.24) is 20.0 Å². The number of halogens is 2. The van der Waals surface area contributed by atoms with E-state index in [1.807, 2.05) is 6.92 Å². The summed E-state index contributed by atoms with van der Waals surface area (Å²) in [7, 11) is 0. The number of esters is 1. The Hall–Kier alpha value is -2.29. The molecule has 0 radical (unpaired) electrons. The highest BCUT2D eigenvalue weighted by Gasteiger charge is 2.39. The molecule has 1 fully saturated rings. The maximum Gasteiger partial charge on any atom is 0.338 e. The van der Waals surface area contributed by atoms with Crippen LogP contribution in [0.3, 0.4) is 0 Å². The predicted octanol–water partition coefficient (Wildman–Crippen LogP) is 3.06. The Balaban J connectivity index is 2.03. The summed E-state index contributed by atoms with van der Waals surface area (Å²) in [5.74, 6) is -0.458. The maximum absolute atomic E-state index is 13.1. The minimum absolute atomic E-state index is 0.0424. The number of rotatable bonds is 6. The van der Waals surface area contributed by atoms with Crippen molar-refractivity contribution in [2.45, 2.75) is 26.8 Å². The van der Waals surface area contributed by atoms with Gasteiger partial charge in [0.05, 0.1) is 18.2 Å². The second kappa shape index (κ2) is 10.6. The topological polar surface area (TPSA) is 82.2 Å². The number of piperazine rings is 1. The number of nitrogens with one attached hydrogen (secondary N) is 1. The number of amides is 3. The van der Waals surface area contributed by atoms with Crippen molar-refractivity contribution in [3.8, 4) is 0 Å². The minimum Gasteiger partial charge on any atom is -0.463 e. The molecule has 1 unspecified atom stereocenters. The molecule has 0 spiro atoms. The van der Waals surface area contributed by atoms with Crippen molar-refractivity contribution in [2.24, 2.45) is 0 Å². The van der Waals surface area contributed by atoms with E-state index >= 15 is 0 Å². The Bertz CT molecular complexity index is 929. The highest BCUT2D eigenvalue weighted by Crippen LogP contribution is 2.36. The molecule has 2 aliphatic rings. The molecule has 0 saturated carbocycles. The van der Waals surface area contributed by atoms with Crippen molar-refractivity contribution in [3.63, 3.8) is 0 Å². The third kappa shape index (κ3) is 5.19. The number of urea groups is 1. The highest BCUT2D eigenvalue weighted by molar-refractivity contribution is 6.35. The number of benzene rings is 1. The first-order chi connectivity index (χ1) is 15.3. The monoisotopic (exact) mass is 482 g/mol. The summed E-state index contributed by atoms with van der Waals surface area (Å²) in [6.07, 6.45) is 0. The Morgan fingerprint density at radius 1 is 1.16 bits per heavy atom. The van der Waals surface area contributed by atoms with Crippen molar-refractivity contribution >= 4 is 41.1 Å². The molecule has 3 amide bonds. The zero-order valence-corrected chi connectivity index (χ0v) is 20.0. The fourth-order valence-corrected chi connectivity index (χ4v) is 4.58. The van der Waals surface area contributed by atoms with Crippen LogP contribution in [0.4, 0.5) is 4.79 Å². The lowest BCUT2D eigenvalue weighted by atomic mass is 9.94. The number of hydrogen-bond donors (Lipinski definition) is 1. The van der Waals surface area contributed by atoms with Crippen LogP contribution >= 0.6 is 23.2 Å². The van der Waals surface area contributed by atoms with Crippen LogP contribution in [0.25, 0.3) is 0 Å². The van der Waals surface area contributed by atoms with Crippen LogP contribution in [-0.4, -0.2) is 78.5 Å². The molecule has 1 aromatic rings. The van der Waals surface area contributed by atoms with Crippen molar-refractivity contribution < 1.29 is 19.1 Å². The molecule has 174 valence electrons. The number of nitrogens with zero attached hydrogens (tertiary/aromatic N) is 3. The fraction of sp³-hybridized carbons (Fsp3) is 0.500. The van der Waals surface area contributed by atoms with Gasteiger partial charge in [-0.2, -0.15) is 0 Å². The van der Waals surface area contributed by atoms with Crippen LogP contribution in [0.5, 0.6) is 0 Å². The van der Waals surface area contributed by atoms with E-state index in [-0.39, 0.29) is 18.5 Å². The molecule has 32 heavy (non-hydrogen) atoms. The molecule has 0 aliphatic carbocycles. The largest absolute Gasteiger partial charge is 0.463 e. The average Bonchev–Trinajstić information content (AvgIpc) is 2.74. The van der Waals surface area contributed by atoms with E-state index in [4.69, 9.17) is 27.9 Å². The van der Waals surface area contributed by atoms with E-state index in [2.05, 4.69) is 10.2 Å². The normalized spacial score (nSPS) is 19.8. The van der Waals surface area contributed by atoms with Crippen LogP contribution < -0.4 is 5.32 Å². The number of likely N-dealkylation sites (N-methyl/N-ethyl adjacent to an activating group) is 1. The zero-order chi connectivity index (χ0) is 23.4. The first-order valence-corrected chi connectivity index (χ1v) is 11.4. The first kappa shape index (κ1) is 24.4. The molecular formula is C22H28Cl2N4O4. The van der Waals surface area contributed by atoms with Crippen molar-refractivity contribution in [3.05, 3.63) is 45.1 Å². The highest BCUT2D eigenvalue weighted by atomic mass is 35.5. The van der Waals surface area contributed by atoms with Gasteiger partial charge in [0, 0.05) is 61.9 Å². The van der Waals surface area contributed by atoms with Crippen molar-refractivity contribution in [2.75, 3.05) is 45.9 Å². The summed E-state index contributed by atoms with van der Waals surface area (Å²) in [6, 6.07) is 3.89. The van der Waals surface area contributed by atoms with Gasteiger partial charge in [-0.25, -0.2) is 9.59 Å². The van der Waals surface area contributed by atoms with Gasteiger partial charge in [-0.1, -0.05) is 29.3 Å². The molecule has 0 bridgehead atoms. The Morgan fingerprint density at radius 3 is 2.41 bits per heavy atom. The molecule has 8 nitrogen and oxygen atoms in total. The predicted molar refractivity (Wildman–Crippen MR) is 122 cm³/mol. The third-order valence-corrected chi connectivity index (χ3v) is 6.28. The standard InChI is InChI=1S/C22H28Cl2N4O4/c1-4-28-18(13-26-8-10-27(11-9-26)14(3)29)19(21(30)32-5-2)20(25-22(28)31)16-7-6-15(23)12-17(16)24/h6-7,12,20H,4-5,8-11,13H2,1-3H3,(H,25,31). The van der Waals surface area contributed by atoms with Gasteiger partial charge in [-0.05, 0) is 31.5 Å². The number of carbonyl (C=O) groups is 3. The second-order valence-corrected chi connectivity index (χ2v) is 8.50. The number of carbonyl (C=O) groups excluding carboxylic acids is 3. The van der Waals surface area contributed by atoms with Gasteiger partial charge in [0.1, 0.15) is 0 Å². The smallest absolute Gasteiger partial charge is 0.338 e. The van der Waals surface area contributed by atoms with Gasteiger partial charge in [-0.15, -0.1) is 0 Å². The molecule has 10 heteroatoms. The van der Waals surface area contributed by atoms with Gasteiger partial charge in [-0.3, -0.25) is 14.6 Å². The summed E-state index contributed by atoms with van der Waals surface area (Å²) in [6.45, 7) is 8.60. The fourth-order valence-electron chi connectivity index (χ4n) is 4.06.